The van der Waals surface area contributed by atoms with Gasteiger partial charge in [0.2, 0.25) is 17.7 Å². The van der Waals surface area contributed by atoms with Crippen molar-refractivity contribution in [1.29, 1.82) is 0 Å². The number of imide groups is 1. The summed E-state index contributed by atoms with van der Waals surface area (Å²) in [5.41, 5.74) is -2.36. The first-order valence-corrected chi connectivity index (χ1v) is 9.84. The second kappa shape index (κ2) is 7.05. The summed E-state index contributed by atoms with van der Waals surface area (Å²) in [5, 5.41) is 0. The van der Waals surface area contributed by atoms with Crippen LogP contribution in [0, 0.1) is 5.41 Å². The van der Waals surface area contributed by atoms with Crippen LogP contribution in [-0.2, 0) is 26.5 Å². The highest BCUT2D eigenvalue weighted by atomic mass is 19.4. The number of hydrogen-bond acceptors (Lipinski definition) is 5. The van der Waals surface area contributed by atoms with Gasteiger partial charge in [-0.1, -0.05) is 19.9 Å². The van der Waals surface area contributed by atoms with Crippen molar-refractivity contribution in [3.63, 3.8) is 0 Å². The van der Waals surface area contributed by atoms with Crippen molar-refractivity contribution in [2.75, 3.05) is 4.90 Å². The van der Waals surface area contributed by atoms with Crippen molar-refractivity contribution in [2.24, 2.45) is 5.41 Å². The zero-order valence-corrected chi connectivity index (χ0v) is 17.2. The molecule has 1 unspecified atom stereocenters. The van der Waals surface area contributed by atoms with Gasteiger partial charge in [-0.25, -0.2) is 9.88 Å². The molecular weight excluding hydrogens is 413 g/mol. The number of fused-ring (bicyclic) bond motifs is 1. The minimum absolute atomic E-state index is 0.00114. The number of carbonyl (C=O) groups is 2. The first-order valence-electron chi connectivity index (χ1n) is 9.84. The van der Waals surface area contributed by atoms with Gasteiger partial charge < -0.3 is 9.47 Å². The normalized spacial score (nSPS) is 25.8. The van der Waals surface area contributed by atoms with Crippen molar-refractivity contribution in [2.45, 2.75) is 52.0 Å². The average Bonchev–Trinajstić information content (AvgIpc) is 3.17. The number of aromatic nitrogens is 1. The Morgan fingerprint density at radius 3 is 2.52 bits per heavy atom. The summed E-state index contributed by atoms with van der Waals surface area (Å²) in [6.07, 6.45) is -2.56. The van der Waals surface area contributed by atoms with E-state index in [1.165, 1.54) is 30.5 Å². The number of rotatable bonds is 4. The number of hydrogen-bond donors (Lipinski definition) is 0. The van der Waals surface area contributed by atoms with Crippen LogP contribution in [0.25, 0.3) is 0 Å². The smallest absolute Gasteiger partial charge is 0.421 e. The fourth-order valence-electron chi connectivity index (χ4n) is 3.82. The van der Waals surface area contributed by atoms with Crippen LogP contribution in [0.4, 0.5) is 18.9 Å². The third-order valence-corrected chi connectivity index (χ3v) is 6.14. The van der Waals surface area contributed by atoms with Gasteiger partial charge in [-0.15, -0.1) is 0 Å². The minimum atomic E-state index is -4.57. The molecule has 1 aromatic carbocycles. The summed E-state index contributed by atoms with van der Waals surface area (Å²) < 4.78 is 51.1. The topological polar surface area (TPSA) is 68.7 Å². The van der Waals surface area contributed by atoms with Crippen LogP contribution in [0.15, 0.2) is 36.5 Å². The van der Waals surface area contributed by atoms with E-state index in [1.807, 2.05) is 6.92 Å². The molecule has 0 N–H and O–H groups in total. The molecule has 0 bridgehead atoms. The van der Waals surface area contributed by atoms with E-state index in [1.54, 1.807) is 13.0 Å². The summed E-state index contributed by atoms with van der Waals surface area (Å²) >= 11 is 0. The Labute approximate surface area is 177 Å². The van der Waals surface area contributed by atoms with Crippen molar-refractivity contribution < 1.29 is 32.2 Å². The molecule has 2 aliphatic heterocycles. The summed E-state index contributed by atoms with van der Waals surface area (Å²) in [4.78, 5) is 30.2. The maximum absolute atomic E-state index is 13.5. The maximum Gasteiger partial charge on any atom is 0.421 e. The quantitative estimate of drug-likeness (QED) is 0.643. The van der Waals surface area contributed by atoms with Gasteiger partial charge in [0.25, 0.3) is 0 Å². The summed E-state index contributed by atoms with van der Waals surface area (Å²) in [7, 11) is 0. The number of ether oxygens (including phenoxy) is 2. The molecule has 1 fully saturated rings. The first kappa shape index (κ1) is 21.3. The zero-order valence-electron chi connectivity index (χ0n) is 17.2. The Balaban J connectivity index is 1.56. The Kier molecular flexibility index (Phi) is 4.84. The monoisotopic (exact) mass is 434 g/mol. The van der Waals surface area contributed by atoms with Crippen LogP contribution in [-0.4, -0.2) is 23.0 Å². The van der Waals surface area contributed by atoms with Gasteiger partial charge in [0.05, 0.1) is 23.9 Å². The van der Waals surface area contributed by atoms with Gasteiger partial charge in [-0.3, -0.25) is 9.59 Å². The molecule has 164 valence electrons. The molecule has 2 atom stereocenters. The van der Waals surface area contributed by atoms with E-state index < -0.39 is 17.2 Å². The van der Waals surface area contributed by atoms with Crippen LogP contribution < -0.4 is 9.64 Å². The van der Waals surface area contributed by atoms with Gasteiger partial charge in [0, 0.05) is 18.1 Å². The number of nitrogens with zero attached hydrogens (tertiary/aromatic N) is 2. The predicted molar refractivity (Wildman–Crippen MR) is 104 cm³/mol. The molecule has 2 amide bonds. The second-order valence-electron chi connectivity index (χ2n) is 8.22. The zero-order chi connectivity index (χ0) is 22.6. The maximum atomic E-state index is 13.5. The molecule has 6 nitrogen and oxygen atoms in total. The number of pyridine rings is 1. The Bertz CT molecular complexity index is 1050. The van der Waals surface area contributed by atoms with E-state index in [0.717, 1.165) is 11.8 Å². The molecule has 0 spiro atoms. The van der Waals surface area contributed by atoms with Crippen LogP contribution in [0.5, 0.6) is 11.6 Å². The number of amides is 2. The molecule has 31 heavy (non-hydrogen) atoms. The molecule has 2 aromatic rings. The average molecular weight is 434 g/mol. The van der Waals surface area contributed by atoms with Gasteiger partial charge in [-0.05, 0) is 37.1 Å². The highest BCUT2D eigenvalue weighted by Crippen LogP contribution is 2.48. The Morgan fingerprint density at radius 2 is 1.94 bits per heavy atom. The Morgan fingerprint density at radius 1 is 1.19 bits per heavy atom. The lowest BCUT2D eigenvalue weighted by atomic mass is 9.86. The number of alkyl halides is 3. The van der Waals surface area contributed by atoms with E-state index in [0.29, 0.717) is 17.7 Å². The first-order chi connectivity index (χ1) is 14.5. The lowest BCUT2D eigenvalue weighted by Crippen LogP contribution is -2.38. The van der Waals surface area contributed by atoms with E-state index in [2.05, 4.69) is 4.98 Å². The molecular formula is C22H21F3N2O4. The molecule has 4 rings (SSSR count). The van der Waals surface area contributed by atoms with E-state index in [4.69, 9.17) is 9.47 Å². The number of carbonyl (C=O) groups excluding carboxylic acids is 2. The molecule has 1 aromatic heterocycles. The number of anilines is 1. The Hall–Kier alpha value is -2.94. The number of benzene rings is 1. The van der Waals surface area contributed by atoms with Crippen molar-refractivity contribution in [1.82, 2.24) is 4.98 Å². The third-order valence-electron chi connectivity index (χ3n) is 6.14. The second-order valence-corrected chi connectivity index (χ2v) is 8.22. The molecule has 3 heterocycles. The largest absolute Gasteiger partial charge is 0.439 e. The SMILES string of the molecule is CC[C@@]1(C)CC(=O)N(c2ccc(Oc3ccc4c(c3)C(C)(C(F)(F)F)OC4)nc2)C1=O. The van der Waals surface area contributed by atoms with Crippen LogP contribution >= 0.6 is 0 Å². The van der Waals surface area contributed by atoms with Gasteiger partial charge in [-0.2, -0.15) is 13.2 Å². The van der Waals surface area contributed by atoms with E-state index in [-0.39, 0.29) is 42.0 Å². The summed E-state index contributed by atoms with van der Waals surface area (Å²) in [6, 6.07) is 7.36. The fourth-order valence-corrected chi connectivity index (χ4v) is 3.82. The molecule has 2 aliphatic rings. The lowest BCUT2D eigenvalue weighted by molar-refractivity contribution is -0.272. The van der Waals surface area contributed by atoms with Crippen LogP contribution in [0.1, 0.15) is 44.7 Å². The fraction of sp³-hybridized carbons (Fsp3) is 0.409. The third kappa shape index (κ3) is 3.37. The minimum Gasteiger partial charge on any atom is -0.439 e. The molecule has 0 radical (unpaired) electrons. The van der Waals surface area contributed by atoms with Gasteiger partial charge in [0.15, 0.2) is 5.60 Å². The van der Waals surface area contributed by atoms with Gasteiger partial charge >= 0.3 is 6.18 Å². The molecule has 9 heteroatoms. The van der Waals surface area contributed by atoms with E-state index >= 15 is 0 Å². The van der Waals surface area contributed by atoms with Crippen molar-refractivity contribution in [3.8, 4) is 11.6 Å². The van der Waals surface area contributed by atoms with E-state index in [9.17, 15) is 22.8 Å². The summed E-state index contributed by atoms with van der Waals surface area (Å²) in [6.45, 7) is 4.47. The van der Waals surface area contributed by atoms with Crippen LogP contribution in [0.3, 0.4) is 0 Å². The number of halogens is 3. The standard InChI is InChI=1S/C22H21F3N2O4/c1-4-20(2)10-18(28)27(19(20)29)14-6-8-17(26-11-14)31-15-7-5-13-12-30-21(3,16(13)9-15)22(23,24)25/h5-9,11H,4,10,12H2,1-3H3/t20-,21?/m0/s1. The molecule has 1 saturated heterocycles. The summed E-state index contributed by atoms with van der Waals surface area (Å²) in [5.74, 6) is -0.282. The predicted octanol–water partition coefficient (Wildman–Crippen LogP) is 4.86. The van der Waals surface area contributed by atoms with Crippen LogP contribution in [0.2, 0.25) is 0 Å². The molecule has 0 aliphatic carbocycles. The van der Waals surface area contributed by atoms with Crippen molar-refractivity contribution in [3.05, 3.63) is 47.7 Å². The highest BCUT2D eigenvalue weighted by Gasteiger charge is 2.57. The lowest BCUT2D eigenvalue weighted by Gasteiger charge is -2.27. The van der Waals surface area contributed by atoms with Gasteiger partial charge in [0.1, 0.15) is 5.75 Å². The van der Waals surface area contributed by atoms with Crippen molar-refractivity contribution >= 4 is 17.5 Å². The molecule has 0 saturated carbocycles. The highest BCUT2D eigenvalue weighted by molar-refractivity contribution is 6.22.